The third-order valence-electron chi connectivity index (χ3n) is 3.91. The van der Waals surface area contributed by atoms with Crippen molar-refractivity contribution in [3.8, 4) is 0 Å². The first-order valence-electron chi connectivity index (χ1n) is 8.04. The van der Waals surface area contributed by atoms with Gasteiger partial charge in [-0.3, -0.25) is 19.7 Å². The first-order chi connectivity index (χ1) is 13.1. The van der Waals surface area contributed by atoms with Gasteiger partial charge in [0.05, 0.1) is 16.9 Å². The summed E-state index contributed by atoms with van der Waals surface area (Å²) in [7, 11) is 0. The second kappa shape index (κ2) is 8.51. The minimum Gasteiger partial charge on any atom is -0.368 e. The van der Waals surface area contributed by atoms with Gasteiger partial charge in [0.1, 0.15) is 6.04 Å². The number of primary amides is 1. The van der Waals surface area contributed by atoms with E-state index in [2.05, 4.69) is 5.32 Å². The number of halogens is 3. The molecule has 2 rings (SSSR count). The van der Waals surface area contributed by atoms with Crippen LogP contribution in [-0.4, -0.2) is 22.8 Å². The van der Waals surface area contributed by atoms with Gasteiger partial charge in [-0.25, -0.2) is 0 Å². The van der Waals surface area contributed by atoms with Crippen LogP contribution in [0.1, 0.15) is 16.7 Å². The molecule has 10 heteroatoms. The number of amides is 2. The number of carbonyl (C=O) groups is 2. The molecule has 28 heavy (non-hydrogen) atoms. The van der Waals surface area contributed by atoms with Crippen LogP contribution in [-0.2, 0) is 28.6 Å². The number of carbonyl (C=O) groups excluding carboxylic acids is 2. The molecule has 2 amide bonds. The van der Waals surface area contributed by atoms with Crippen LogP contribution in [0, 0.1) is 10.1 Å². The fraction of sp³-hybridized carbons (Fsp3) is 0.222. The molecule has 3 N–H and O–H groups in total. The van der Waals surface area contributed by atoms with Crippen molar-refractivity contribution < 1.29 is 27.7 Å². The molecule has 0 unspecified atom stereocenters. The fourth-order valence-corrected chi connectivity index (χ4v) is 2.45. The van der Waals surface area contributed by atoms with Gasteiger partial charge in [-0.15, -0.1) is 0 Å². The standard InChI is InChI=1S/C18H16F3N3O4/c19-18(20,21)13-5-1-12(2-6-13)10-16(25)23-15(17(22)26)9-11-3-7-14(8-4-11)24(27)28/h1-8,15H,9-10H2,(H2,22,26)(H,23,25)/t15-/m1/s1. The Labute approximate surface area is 157 Å². The van der Waals surface area contributed by atoms with Gasteiger partial charge in [0.2, 0.25) is 11.8 Å². The molecule has 0 saturated carbocycles. The monoisotopic (exact) mass is 395 g/mol. The van der Waals surface area contributed by atoms with Crippen molar-refractivity contribution in [2.75, 3.05) is 0 Å². The average Bonchev–Trinajstić information content (AvgIpc) is 2.61. The van der Waals surface area contributed by atoms with Crippen molar-refractivity contribution >= 4 is 17.5 Å². The van der Waals surface area contributed by atoms with Crippen molar-refractivity contribution in [2.45, 2.75) is 25.1 Å². The summed E-state index contributed by atoms with van der Waals surface area (Å²) < 4.78 is 37.7. The molecule has 0 saturated heterocycles. The molecule has 2 aromatic rings. The fourth-order valence-electron chi connectivity index (χ4n) is 2.45. The molecule has 0 aliphatic carbocycles. The highest BCUT2D eigenvalue weighted by Gasteiger charge is 2.30. The number of hydrogen-bond donors (Lipinski definition) is 2. The van der Waals surface area contributed by atoms with Crippen LogP contribution in [0.25, 0.3) is 0 Å². The van der Waals surface area contributed by atoms with Crippen molar-refractivity contribution in [1.82, 2.24) is 5.32 Å². The molecular weight excluding hydrogens is 379 g/mol. The van der Waals surface area contributed by atoms with Crippen LogP contribution in [0.5, 0.6) is 0 Å². The number of nitro groups is 1. The summed E-state index contributed by atoms with van der Waals surface area (Å²) in [4.78, 5) is 33.8. The van der Waals surface area contributed by atoms with Gasteiger partial charge < -0.3 is 11.1 Å². The summed E-state index contributed by atoms with van der Waals surface area (Å²) in [6.07, 6.45) is -4.68. The summed E-state index contributed by atoms with van der Waals surface area (Å²) >= 11 is 0. The zero-order valence-electron chi connectivity index (χ0n) is 14.4. The predicted octanol–water partition coefficient (Wildman–Crippen LogP) is 2.37. The first-order valence-corrected chi connectivity index (χ1v) is 8.04. The van der Waals surface area contributed by atoms with Gasteiger partial charge >= 0.3 is 6.18 Å². The Kier molecular flexibility index (Phi) is 6.34. The van der Waals surface area contributed by atoms with E-state index in [9.17, 15) is 32.9 Å². The molecule has 0 radical (unpaired) electrons. The van der Waals surface area contributed by atoms with E-state index in [1.165, 1.54) is 36.4 Å². The smallest absolute Gasteiger partial charge is 0.368 e. The highest BCUT2D eigenvalue weighted by molar-refractivity contribution is 5.87. The van der Waals surface area contributed by atoms with Crippen LogP contribution >= 0.6 is 0 Å². The minimum absolute atomic E-state index is 0.0199. The average molecular weight is 395 g/mol. The number of benzene rings is 2. The molecule has 148 valence electrons. The van der Waals surface area contributed by atoms with Crippen molar-refractivity contribution in [3.05, 3.63) is 75.3 Å². The summed E-state index contributed by atoms with van der Waals surface area (Å²) in [5.41, 5.74) is 5.22. The normalized spacial score (nSPS) is 12.2. The molecule has 0 aliphatic heterocycles. The number of hydrogen-bond acceptors (Lipinski definition) is 4. The Bertz CT molecular complexity index is 865. The maximum Gasteiger partial charge on any atom is 0.416 e. The van der Waals surface area contributed by atoms with Gasteiger partial charge in [-0.1, -0.05) is 24.3 Å². The van der Waals surface area contributed by atoms with E-state index in [0.717, 1.165) is 12.1 Å². The lowest BCUT2D eigenvalue weighted by molar-refractivity contribution is -0.384. The van der Waals surface area contributed by atoms with E-state index < -0.39 is 34.5 Å². The summed E-state index contributed by atoms with van der Waals surface area (Å²) in [5.74, 6) is -1.40. The van der Waals surface area contributed by atoms with Gasteiger partial charge in [0, 0.05) is 18.6 Å². The lowest BCUT2D eigenvalue weighted by atomic mass is 10.0. The molecule has 0 aliphatic rings. The molecule has 7 nitrogen and oxygen atoms in total. The van der Waals surface area contributed by atoms with Crippen molar-refractivity contribution in [2.24, 2.45) is 5.73 Å². The van der Waals surface area contributed by atoms with Crippen LogP contribution < -0.4 is 11.1 Å². The van der Waals surface area contributed by atoms with E-state index >= 15 is 0 Å². The number of nitro benzene ring substituents is 1. The van der Waals surface area contributed by atoms with Crippen LogP contribution in [0.15, 0.2) is 48.5 Å². The van der Waals surface area contributed by atoms with E-state index in [0.29, 0.717) is 11.1 Å². The highest BCUT2D eigenvalue weighted by Crippen LogP contribution is 2.29. The SMILES string of the molecule is NC(=O)[C@@H](Cc1ccc([N+](=O)[O-])cc1)NC(=O)Cc1ccc(C(F)(F)F)cc1. The second-order valence-corrected chi connectivity index (χ2v) is 6.02. The topological polar surface area (TPSA) is 115 Å². The van der Waals surface area contributed by atoms with Gasteiger partial charge in [-0.2, -0.15) is 13.2 Å². The number of non-ortho nitro benzene ring substituents is 1. The number of rotatable bonds is 7. The van der Waals surface area contributed by atoms with Gasteiger partial charge in [-0.05, 0) is 23.3 Å². The molecule has 0 spiro atoms. The Morgan fingerprint density at radius 1 is 1.04 bits per heavy atom. The first kappa shape index (κ1) is 20.9. The molecule has 0 aromatic heterocycles. The Morgan fingerprint density at radius 3 is 2.04 bits per heavy atom. The molecule has 0 heterocycles. The van der Waals surface area contributed by atoms with E-state index in [1.807, 2.05) is 0 Å². The van der Waals surface area contributed by atoms with E-state index in [1.54, 1.807) is 0 Å². The number of nitrogens with zero attached hydrogens (tertiary/aromatic N) is 1. The summed E-state index contributed by atoms with van der Waals surface area (Å²) in [6, 6.07) is 8.43. The summed E-state index contributed by atoms with van der Waals surface area (Å²) in [6.45, 7) is 0. The quantitative estimate of drug-likeness (QED) is 0.553. The Balaban J connectivity index is 2.00. The molecule has 2 aromatic carbocycles. The maximum absolute atomic E-state index is 12.6. The van der Waals surface area contributed by atoms with Crippen LogP contribution in [0.4, 0.5) is 18.9 Å². The number of nitrogens with one attached hydrogen (secondary N) is 1. The Morgan fingerprint density at radius 2 is 1.57 bits per heavy atom. The molecule has 0 fully saturated rings. The molecular formula is C18H16F3N3O4. The predicted molar refractivity (Wildman–Crippen MR) is 93.1 cm³/mol. The van der Waals surface area contributed by atoms with Crippen molar-refractivity contribution in [1.29, 1.82) is 0 Å². The minimum atomic E-state index is -4.47. The lowest BCUT2D eigenvalue weighted by Crippen LogP contribution is -2.46. The molecule has 1 atom stereocenters. The van der Waals surface area contributed by atoms with Crippen LogP contribution in [0.3, 0.4) is 0 Å². The zero-order valence-corrected chi connectivity index (χ0v) is 14.4. The number of nitrogens with two attached hydrogens (primary N) is 1. The van der Waals surface area contributed by atoms with Crippen LogP contribution in [0.2, 0.25) is 0 Å². The lowest BCUT2D eigenvalue weighted by Gasteiger charge is -2.16. The molecule has 0 bridgehead atoms. The van der Waals surface area contributed by atoms with Gasteiger partial charge in [0.15, 0.2) is 0 Å². The largest absolute Gasteiger partial charge is 0.416 e. The van der Waals surface area contributed by atoms with Gasteiger partial charge in [0.25, 0.3) is 5.69 Å². The van der Waals surface area contributed by atoms with Crippen molar-refractivity contribution in [3.63, 3.8) is 0 Å². The van der Waals surface area contributed by atoms with E-state index in [-0.39, 0.29) is 18.5 Å². The summed E-state index contributed by atoms with van der Waals surface area (Å²) in [5, 5.41) is 13.1. The van der Waals surface area contributed by atoms with E-state index in [4.69, 9.17) is 5.73 Å². The third kappa shape index (κ3) is 5.79. The maximum atomic E-state index is 12.6. The second-order valence-electron chi connectivity index (χ2n) is 6.02. The Hall–Kier alpha value is -3.43. The highest BCUT2D eigenvalue weighted by atomic mass is 19.4. The number of alkyl halides is 3. The zero-order chi connectivity index (χ0) is 20.9. The third-order valence-corrected chi connectivity index (χ3v) is 3.91.